The van der Waals surface area contributed by atoms with Crippen molar-refractivity contribution in [1.29, 1.82) is 0 Å². The van der Waals surface area contributed by atoms with Gasteiger partial charge in [0.25, 0.3) is 5.91 Å². The maximum Gasteiger partial charge on any atom is 0.270 e. The van der Waals surface area contributed by atoms with E-state index in [-0.39, 0.29) is 5.91 Å². The van der Waals surface area contributed by atoms with E-state index in [4.69, 9.17) is 4.99 Å². The van der Waals surface area contributed by atoms with Crippen LogP contribution in [0.4, 0.5) is 5.69 Å². The molecule has 4 heteroatoms. The van der Waals surface area contributed by atoms with Gasteiger partial charge in [-0.25, -0.2) is 0 Å². The molecular weight excluding hydrogens is 418 g/mol. The fraction of sp³-hybridized carbons (Fsp3) is 0.400. The Morgan fingerprint density at radius 2 is 1.56 bits per heavy atom. The Morgan fingerprint density at radius 3 is 2.18 bits per heavy atom. The van der Waals surface area contributed by atoms with Crippen LogP contribution in [0.5, 0.6) is 0 Å². The van der Waals surface area contributed by atoms with Gasteiger partial charge in [-0.15, -0.1) is 0 Å². The lowest BCUT2D eigenvalue weighted by Crippen LogP contribution is -2.48. The second-order valence-electron chi connectivity index (χ2n) is 11.0. The molecule has 0 spiro atoms. The molecule has 0 atom stereocenters. The molecule has 4 saturated carbocycles. The number of nitrogens with one attached hydrogen (secondary N) is 1. The molecule has 1 amide bonds. The Labute approximate surface area is 202 Å². The predicted molar refractivity (Wildman–Crippen MR) is 138 cm³/mol. The normalized spacial score (nSPS) is 27.4. The maximum absolute atomic E-state index is 12.6. The fourth-order valence-electron chi connectivity index (χ4n) is 7.36. The molecule has 4 fully saturated rings. The summed E-state index contributed by atoms with van der Waals surface area (Å²) in [5, 5.41) is 0. The predicted octanol–water partition coefficient (Wildman–Crippen LogP) is 6.71. The van der Waals surface area contributed by atoms with Crippen molar-refractivity contribution in [1.82, 2.24) is 4.68 Å². The van der Waals surface area contributed by atoms with E-state index in [1.54, 1.807) is 0 Å². The third-order valence-corrected chi connectivity index (χ3v) is 8.59. The SMILES string of the molecule is Cc1cc(C=Nc2ccc(C34CC5CC(CC(C5)C3)C4)cc2)c(C)n1NC(=O)c1ccccc1. The van der Waals surface area contributed by atoms with Crippen LogP contribution in [0.15, 0.2) is 65.7 Å². The lowest BCUT2D eigenvalue weighted by molar-refractivity contribution is -0.00518. The molecular formula is C30H33N3O. The molecule has 0 unspecified atom stereocenters. The van der Waals surface area contributed by atoms with Crippen LogP contribution in [0.3, 0.4) is 0 Å². The topological polar surface area (TPSA) is 46.4 Å². The van der Waals surface area contributed by atoms with Crippen molar-refractivity contribution in [2.24, 2.45) is 22.7 Å². The van der Waals surface area contributed by atoms with Crippen LogP contribution in [-0.2, 0) is 5.41 Å². The first-order chi connectivity index (χ1) is 16.5. The van der Waals surface area contributed by atoms with Gasteiger partial charge in [0.05, 0.1) is 5.69 Å². The molecule has 1 aromatic heterocycles. The minimum absolute atomic E-state index is 0.119. The molecule has 7 rings (SSSR count). The number of nitrogens with zero attached hydrogens (tertiary/aromatic N) is 2. The summed E-state index contributed by atoms with van der Waals surface area (Å²) in [7, 11) is 0. The molecule has 0 radical (unpaired) electrons. The summed E-state index contributed by atoms with van der Waals surface area (Å²) >= 11 is 0. The third kappa shape index (κ3) is 3.79. The monoisotopic (exact) mass is 451 g/mol. The summed E-state index contributed by atoms with van der Waals surface area (Å²) in [5.41, 5.74) is 9.54. The number of aliphatic imine (C=N–C) groups is 1. The van der Waals surface area contributed by atoms with Gasteiger partial charge in [-0.1, -0.05) is 30.3 Å². The highest BCUT2D eigenvalue weighted by Crippen LogP contribution is 2.60. The highest BCUT2D eigenvalue weighted by Gasteiger charge is 2.51. The van der Waals surface area contributed by atoms with Gasteiger partial charge in [0.15, 0.2) is 0 Å². The lowest BCUT2D eigenvalue weighted by atomic mass is 9.48. The standard InChI is InChI=1S/C30H33N3O/c1-20-12-26(21(2)33(20)32-29(34)25-6-4-3-5-7-25)19-31-28-10-8-27(9-11-28)30-16-22-13-23(17-30)15-24(14-22)18-30/h3-12,19,22-24H,13-18H2,1-2H3,(H,32,34). The van der Waals surface area contributed by atoms with Gasteiger partial charge >= 0.3 is 0 Å². The second-order valence-corrected chi connectivity index (χ2v) is 11.0. The summed E-state index contributed by atoms with van der Waals surface area (Å²) in [6.45, 7) is 4.01. The third-order valence-electron chi connectivity index (χ3n) is 8.59. The first-order valence-corrected chi connectivity index (χ1v) is 12.7. The zero-order valence-corrected chi connectivity index (χ0v) is 20.1. The lowest BCUT2D eigenvalue weighted by Gasteiger charge is -2.57. The fourth-order valence-corrected chi connectivity index (χ4v) is 7.36. The van der Waals surface area contributed by atoms with Crippen molar-refractivity contribution >= 4 is 17.8 Å². The average Bonchev–Trinajstić information content (AvgIpc) is 3.10. The molecule has 4 aliphatic rings. The minimum Gasteiger partial charge on any atom is -0.267 e. The summed E-state index contributed by atoms with van der Waals surface area (Å²) in [5.74, 6) is 2.76. The largest absolute Gasteiger partial charge is 0.270 e. The molecule has 1 heterocycles. The average molecular weight is 452 g/mol. The first kappa shape index (κ1) is 21.4. The van der Waals surface area contributed by atoms with Gasteiger partial charge in [-0.2, -0.15) is 0 Å². The van der Waals surface area contributed by atoms with E-state index in [2.05, 4.69) is 35.8 Å². The van der Waals surface area contributed by atoms with Crippen LogP contribution in [0.25, 0.3) is 0 Å². The van der Waals surface area contributed by atoms with Gasteiger partial charge < -0.3 is 0 Å². The number of hydrogen-bond donors (Lipinski definition) is 1. The first-order valence-electron chi connectivity index (χ1n) is 12.7. The van der Waals surface area contributed by atoms with Gasteiger partial charge in [-0.05, 0) is 111 Å². The molecule has 34 heavy (non-hydrogen) atoms. The van der Waals surface area contributed by atoms with Crippen molar-refractivity contribution in [2.75, 3.05) is 5.43 Å². The number of aryl methyl sites for hydroxylation is 1. The van der Waals surface area contributed by atoms with Crippen LogP contribution in [0.2, 0.25) is 0 Å². The summed E-state index contributed by atoms with van der Waals surface area (Å²) in [6.07, 6.45) is 10.5. The zero-order valence-electron chi connectivity index (χ0n) is 20.1. The van der Waals surface area contributed by atoms with E-state index in [0.29, 0.717) is 11.0 Å². The molecule has 1 N–H and O–H groups in total. The van der Waals surface area contributed by atoms with Crippen molar-refractivity contribution in [3.63, 3.8) is 0 Å². The minimum atomic E-state index is -0.119. The molecule has 0 saturated heterocycles. The zero-order chi connectivity index (χ0) is 23.3. The van der Waals surface area contributed by atoms with Crippen LogP contribution >= 0.6 is 0 Å². The Kier molecular flexibility index (Phi) is 5.20. The molecule has 2 aromatic carbocycles. The van der Waals surface area contributed by atoms with E-state index in [1.807, 2.05) is 55.1 Å². The summed E-state index contributed by atoms with van der Waals surface area (Å²) in [6, 6.07) is 20.4. The number of aromatic nitrogens is 1. The van der Waals surface area contributed by atoms with Gasteiger partial charge in [0.2, 0.25) is 0 Å². The molecule has 4 bridgehead atoms. The highest BCUT2D eigenvalue weighted by molar-refractivity contribution is 6.00. The van der Waals surface area contributed by atoms with Crippen LogP contribution in [-0.4, -0.2) is 16.8 Å². The van der Waals surface area contributed by atoms with E-state index in [0.717, 1.165) is 40.4 Å². The van der Waals surface area contributed by atoms with E-state index >= 15 is 0 Å². The second kappa shape index (κ2) is 8.26. The quantitative estimate of drug-likeness (QED) is 0.431. The van der Waals surface area contributed by atoms with E-state index < -0.39 is 0 Å². The van der Waals surface area contributed by atoms with Crippen LogP contribution < -0.4 is 5.43 Å². The van der Waals surface area contributed by atoms with Crippen molar-refractivity contribution in [3.05, 3.63) is 88.7 Å². The molecule has 0 aliphatic heterocycles. The van der Waals surface area contributed by atoms with Gasteiger partial charge in [0, 0.05) is 28.7 Å². The number of hydrogen-bond acceptors (Lipinski definition) is 2. The number of amides is 1. The van der Waals surface area contributed by atoms with Crippen LogP contribution in [0, 0.1) is 31.6 Å². The smallest absolute Gasteiger partial charge is 0.267 e. The van der Waals surface area contributed by atoms with Crippen molar-refractivity contribution in [3.8, 4) is 0 Å². The summed E-state index contributed by atoms with van der Waals surface area (Å²) < 4.78 is 1.84. The molecule has 4 aliphatic carbocycles. The maximum atomic E-state index is 12.6. The van der Waals surface area contributed by atoms with Crippen LogP contribution in [0.1, 0.15) is 71.4 Å². The number of benzene rings is 2. The highest BCUT2D eigenvalue weighted by atomic mass is 16.2. The van der Waals surface area contributed by atoms with Gasteiger partial charge in [-0.3, -0.25) is 19.9 Å². The van der Waals surface area contributed by atoms with Crippen molar-refractivity contribution < 1.29 is 4.79 Å². The number of carbonyl (C=O) groups is 1. The Balaban J connectivity index is 1.18. The Bertz CT molecular complexity index is 1200. The summed E-state index contributed by atoms with van der Waals surface area (Å²) in [4.78, 5) is 17.4. The molecule has 3 aromatic rings. The van der Waals surface area contributed by atoms with E-state index in [1.165, 1.54) is 44.1 Å². The Hall–Kier alpha value is -3.14. The molecule has 174 valence electrons. The van der Waals surface area contributed by atoms with Crippen molar-refractivity contribution in [2.45, 2.75) is 57.8 Å². The van der Waals surface area contributed by atoms with E-state index in [9.17, 15) is 4.79 Å². The molecule has 4 nitrogen and oxygen atoms in total. The van der Waals surface area contributed by atoms with Gasteiger partial charge in [0.1, 0.15) is 0 Å². The number of carbonyl (C=O) groups excluding carboxylic acids is 1. The Morgan fingerprint density at radius 1 is 0.941 bits per heavy atom. The number of rotatable bonds is 5.